The highest BCUT2D eigenvalue weighted by molar-refractivity contribution is 5.92. The second kappa shape index (κ2) is 6.90. The first-order chi connectivity index (χ1) is 10.1. The lowest BCUT2D eigenvalue weighted by Crippen LogP contribution is -2.28. The van der Waals surface area contributed by atoms with Crippen LogP contribution >= 0.6 is 0 Å². The van der Waals surface area contributed by atoms with Crippen LogP contribution in [0.25, 0.3) is 0 Å². The first-order valence-electron chi connectivity index (χ1n) is 6.42. The number of benzene rings is 1. The van der Waals surface area contributed by atoms with Gasteiger partial charge in [0.25, 0.3) is 0 Å². The number of nitrogens with one attached hydrogen (secondary N) is 2. The number of pyridine rings is 1. The van der Waals surface area contributed by atoms with E-state index >= 15 is 0 Å². The molecule has 2 N–H and O–H groups in total. The number of aromatic nitrogens is 1. The zero-order valence-corrected chi connectivity index (χ0v) is 11.5. The molecule has 21 heavy (non-hydrogen) atoms. The molecule has 0 bridgehead atoms. The molecule has 0 aliphatic rings. The zero-order chi connectivity index (χ0) is 15.2. The summed E-state index contributed by atoms with van der Waals surface area (Å²) in [5.74, 6) is -2.11. The number of amides is 1. The Bertz CT molecular complexity index is 626. The smallest absolute Gasteiger partial charge is 0.238 e. The van der Waals surface area contributed by atoms with Gasteiger partial charge in [0.05, 0.1) is 6.54 Å². The fourth-order valence-corrected chi connectivity index (χ4v) is 1.79. The SMILES string of the molecule is Cc1ccncc1CNCC(=O)Nc1c(F)cccc1F. The van der Waals surface area contributed by atoms with Crippen molar-refractivity contribution in [1.29, 1.82) is 0 Å². The second-order valence-corrected chi connectivity index (χ2v) is 4.55. The number of aryl methyl sites for hydroxylation is 1. The Labute approximate surface area is 121 Å². The van der Waals surface area contributed by atoms with E-state index in [9.17, 15) is 13.6 Å². The van der Waals surface area contributed by atoms with Gasteiger partial charge in [-0.1, -0.05) is 6.07 Å². The van der Waals surface area contributed by atoms with E-state index in [0.29, 0.717) is 6.54 Å². The van der Waals surface area contributed by atoms with E-state index in [1.54, 1.807) is 12.4 Å². The van der Waals surface area contributed by atoms with E-state index < -0.39 is 23.2 Å². The molecule has 0 atom stereocenters. The maximum atomic E-state index is 13.4. The van der Waals surface area contributed by atoms with Gasteiger partial charge in [-0.05, 0) is 36.2 Å². The predicted octanol–water partition coefficient (Wildman–Crippen LogP) is 2.40. The van der Waals surface area contributed by atoms with Crippen LogP contribution in [0.15, 0.2) is 36.7 Å². The van der Waals surface area contributed by atoms with E-state index in [1.807, 2.05) is 13.0 Å². The molecule has 0 fully saturated rings. The molecule has 0 aliphatic heterocycles. The molecule has 0 aliphatic carbocycles. The van der Waals surface area contributed by atoms with Gasteiger partial charge in [-0.2, -0.15) is 0 Å². The van der Waals surface area contributed by atoms with Gasteiger partial charge in [0, 0.05) is 18.9 Å². The highest BCUT2D eigenvalue weighted by Gasteiger charge is 2.11. The third kappa shape index (κ3) is 4.06. The van der Waals surface area contributed by atoms with Crippen molar-refractivity contribution >= 4 is 11.6 Å². The normalized spacial score (nSPS) is 10.4. The molecule has 110 valence electrons. The van der Waals surface area contributed by atoms with Crippen molar-refractivity contribution < 1.29 is 13.6 Å². The summed E-state index contributed by atoms with van der Waals surface area (Å²) >= 11 is 0. The number of carbonyl (C=O) groups is 1. The van der Waals surface area contributed by atoms with Gasteiger partial charge in [-0.25, -0.2) is 8.78 Å². The Hall–Kier alpha value is -2.34. The highest BCUT2D eigenvalue weighted by atomic mass is 19.1. The average Bonchev–Trinajstić information content (AvgIpc) is 2.45. The van der Waals surface area contributed by atoms with Crippen molar-refractivity contribution in [3.05, 3.63) is 59.4 Å². The van der Waals surface area contributed by atoms with Crippen molar-refractivity contribution in [2.75, 3.05) is 11.9 Å². The van der Waals surface area contributed by atoms with Gasteiger partial charge < -0.3 is 10.6 Å². The van der Waals surface area contributed by atoms with E-state index in [-0.39, 0.29) is 6.54 Å². The number of halogens is 2. The number of carbonyl (C=O) groups excluding carboxylic acids is 1. The Morgan fingerprint density at radius 2 is 1.95 bits per heavy atom. The molecule has 0 saturated carbocycles. The van der Waals surface area contributed by atoms with E-state index in [4.69, 9.17) is 0 Å². The van der Waals surface area contributed by atoms with Crippen LogP contribution in [0.4, 0.5) is 14.5 Å². The number of para-hydroxylation sites is 1. The third-order valence-electron chi connectivity index (χ3n) is 2.98. The maximum Gasteiger partial charge on any atom is 0.238 e. The predicted molar refractivity (Wildman–Crippen MR) is 75.7 cm³/mol. The van der Waals surface area contributed by atoms with Gasteiger partial charge >= 0.3 is 0 Å². The summed E-state index contributed by atoms with van der Waals surface area (Å²) in [4.78, 5) is 15.7. The monoisotopic (exact) mass is 291 g/mol. The van der Waals surface area contributed by atoms with Crippen LogP contribution in [0.1, 0.15) is 11.1 Å². The molecule has 1 amide bonds. The van der Waals surface area contributed by atoms with E-state index in [1.165, 1.54) is 6.07 Å². The van der Waals surface area contributed by atoms with Crippen molar-refractivity contribution in [2.45, 2.75) is 13.5 Å². The molecule has 0 saturated heterocycles. The highest BCUT2D eigenvalue weighted by Crippen LogP contribution is 2.17. The van der Waals surface area contributed by atoms with Crippen LogP contribution in [0.5, 0.6) is 0 Å². The lowest BCUT2D eigenvalue weighted by molar-refractivity contribution is -0.115. The Morgan fingerprint density at radius 3 is 2.62 bits per heavy atom. The summed E-state index contributed by atoms with van der Waals surface area (Å²) in [5, 5.41) is 5.12. The fraction of sp³-hybridized carbons (Fsp3) is 0.200. The summed E-state index contributed by atoms with van der Waals surface area (Å²) in [5.41, 5.74) is 1.59. The summed E-state index contributed by atoms with van der Waals surface area (Å²) in [7, 11) is 0. The topological polar surface area (TPSA) is 54.0 Å². The number of anilines is 1. The van der Waals surface area contributed by atoms with Crippen molar-refractivity contribution in [2.24, 2.45) is 0 Å². The standard InChI is InChI=1S/C15H15F2N3O/c1-10-5-6-18-7-11(10)8-19-9-14(21)20-15-12(16)3-2-4-13(15)17/h2-7,19H,8-9H2,1H3,(H,20,21). The molecule has 1 aromatic heterocycles. The first kappa shape index (κ1) is 15.1. The number of hydrogen-bond donors (Lipinski definition) is 2. The van der Waals surface area contributed by atoms with Gasteiger partial charge in [0.2, 0.25) is 5.91 Å². The largest absolute Gasteiger partial charge is 0.320 e. The minimum atomic E-state index is -0.800. The van der Waals surface area contributed by atoms with Crippen LogP contribution in [0.2, 0.25) is 0 Å². The van der Waals surface area contributed by atoms with Crippen LogP contribution in [0.3, 0.4) is 0 Å². The molecular weight excluding hydrogens is 276 g/mol. The number of hydrogen-bond acceptors (Lipinski definition) is 3. The molecule has 0 spiro atoms. The second-order valence-electron chi connectivity index (χ2n) is 4.55. The first-order valence-corrected chi connectivity index (χ1v) is 6.42. The third-order valence-corrected chi connectivity index (χ3v) is 2.98. The number of nitrogens with zero attached hydrogens (tertiary/aromatic N) is 1. The lowest BCUT2D eigenvalue weighted by atomic mass is 10.1. The molecule has 1 aromatic carbocycles. The molecule has 2 rings (SSSR count). The Kier molecular flexibility index (Phi) is 4.94. The van der Waals surface area contributed by atoms with Gasteiger partial charge in [-0.15, -0.1) is 0 Å². The summed E-state index contributed by atoms with van der Waals surface area (Å²) in [6.45, 7) is 2.34. The minimum Gasteiger partial charge on any atom is -0.320 e. The van der Waals surface area contributed by atoms with Crippen LogP contribution in [0, 0.1) is 18.6 Å². The summed E-state index contributed by atoms with van der Waals surface area (Å²) in [6.07, 6.45) is 3.39. The average molecular weight is 291 g/mol. The quantitative estimate of drug-likeness (QED) is 0.889. The van der Waals surface area contributed by atoms with Crippen LogP contribution < -0.4 is 10.6 Å². The summed E-state index contributed by atoms with van der Waals surface area (Å²) in [6, 6.07) is 5.28. The Balaban J connectivity index is 1.87. The van der Waals surface area contributed by atoms with Crippen molar-refractivity contribution in [1.82, 2.24) is 10.3 Å². The fourth-order valence-electron chi connectivity index (χ4n) is 1.79. The molecule has 0 unspecified atom stereocenters. The number of rotatable bonds is 5. The van der Waals surface area contributed by atoms with Crippen LogP contribution in [-0.2, 0) is 11.3 Å². The Morgan fingerprint density at radius 1 is 1.24 bits per heavy atom. The maximum absolute atomic E-state index is 13.4. The molecule has 1 heterocycles. The molecular formula is C15H15F2N3O. The van der Waals surface area contributed by atoms with E-state index in [2.05, 4.69) is 15.6 Å². The summed E-state index contributed by atoms with van der Waals surface area (Å²) < 4.78 is 26.7. The zero-order valence-electron chi connectivity index (χ0n) is 11.5. The van der Waals surface area contributed by atoms with E-state index in [0.717, 1.165) is 23.3 Å². The van der Waals surface area contributed by atoms with Crippen molar-refractivity contribution in [3.8, 4) is 0 Å². The molecule has 4 nitrogen and oxygen atoms in total. The van der Waals surface area contributed by atoms with Gasteiger partial charge in [-0.3, -0.25) is 9.78 Å². The van der Waals surface area contributed by atoms with Gasteiger partial charge in [0.15, 0.2) is 0 Å². The van der Waals surface area contributed by atoms with Crippen molar-refractivity contribution in [3.63, 3.8) is 0 Å². The minimum absolute atomic E-state index is 0.0535. The molecule has 6 heteroatoms. The van der Waals surface area contributed by atoms with Gasteiger partial charge in [0.1, 0.15) is 17.3 Å². The molecule has 2 aromatic rings. The van der Waals surface area contributed by atoms with Crippen LogP contribution in [-0.4, -0.2) is 17.4 Å². The molecule has 0 radical (unpaired) electrons. The lowest BCUT2D eigenvalue weighted by Gasteiger charge is -2.09.